The predicted molar refractivity (Wildman–Crippen MR) is 118 cm³/mol. The molecular formula is C23H24N4O2S. The number of rotatable bonds is 8. The maximum atomic E-state index is 12.6. The minimum Gasteiger partial charge on any atom is -0.350 e. The third-order valence-electron chi connectivity index (χ3n) is 5.03. The SMILES string of the molecule is CC(CCc1ccccc1)NC(=O)c1cccc(NC(=O)c2nnc(C3CC3)s2)c1. The Morgan fingerprint density at radius 1 is 1.07 bits per heavy atom. The first kappa shape index (κ1) is 20.2. The highest BCUT2D eigenvalue weighted by Crippen LogP contribution is 2.41. The number of benzene rings is 2. The molecule has 7 heteroatoms. The minimum atomic E-state index is -0.298. The Labute approximate surface area is 179 Å². The Kier molecular flexibility index (Phi) is 6.18. The predicted octanol–water partition coefficient (Wildman–Crippen LogP) is 4.42. The first-order valence-corrected chi connectivity index (χ1v) is 11.0. The molecule has 1 unspecified atom stereocenters. The molecule has 30 heavy (non-hydrogen) atoms. The molecule has 1 atom stereocenters. The van der Waals surface area contributed by atoms with Gasteiger partial charge in [0.2, 0.25) is 5.01 Å². The van der Waals surface area contributed by atoms with Crippen LogP contribution in [0.15, 0.2) is 54.6 Å². The fourth-order valence-corrected chi connectivity index (χ4v) is 4.06. The van der Waals surface area contributed by atoms with Crippen molar-refractivity contribution in [3.05, 3.63) is 75.7 Å². The van der Waals surface area contributed by atoms with Crippen LogP contribution < -0.4 is 10.6 Å². The topological polar surface area (TPSA) is 84.0 Å². The Morgan fingerprint density at radius 2 is 1.87 bits per heavy atom. The van der Waals surface area contributed by atoms with Crippen LogP contribution in [0.3, 0.4) is 0 Å². The molecule has 1 aliphatic carbocycles. The molecule has 0 spiro atoms. The van der Waals surface area contributed by atoms with E-state index in [4.69, 9.17) is 0 Å². The molecule has 1 saturated carbocycles. The van der Waals surface area contributed by atoms with E-state index in [2.05, 4.69) is 33.0 Å². The summed E-state index contributed by atoms with van der Waals surface area (Å²) in [4.78, 5) is 25.1. The van der Waals surface area contributed by atoms with E-state index in [9.17, 15) is 9.59 Å². The molecule has 1 heterocycles. The van der Waals surface area contributed by atoms with E-state index >= 15 is 0 Å². The molecule has 0 saturated heterocycles. The molecule has 6 nitrogen and oxygen atoms in total. The summed E-state index contributed by atoms with van der Waals surface area (Å²) in [5.74, 6) is 0.0201. The van der Waals surface area contributed by atoms with Crippen molar-refractivity contribution in [1.29, 1.82) is 0 Å². The van der Waals surface area contributed by atoms with Gasteiger partial charge in [0.15, 0.2) is 0 Å². The van der Waals surface area contributed by atoms with Crippen molar-refractivity contribution in [3.8, 4) is 0 Å². The summed E-state index contributed by atoms with van der Waals surface area (Å²) in [5.41, 5.74) is 2.33. The molecule has 1 fully saturated rings. The third kappa shape index (κ3) is 5.30. The summed E-state index contributed by atoms with van der Waals surface area (Å²) in [6.07, 6.45) is 4.00. The van der Waals surface area contributed by atoms with Crippen LogP contribution in [0.4, 0.5) is 5.69 Å². The highest BCUT2D eigenvalue weighted by atomic mass is 32.1. The molecular weight excluding hydrogens is 396 g/mol. The van der Waals surface area contributed by atoms with Crippen molar-refractivity contribution >= 4 is 28.8 Å². The van der Waals surface area contributed by atoms with Gasteiger partial charge in [0.1, 0.15) is 5.01 Å². The first-order chi connectivity index (χ1) is 14.6. The second-order valence-corrected chi connectivity index (χ2v) is 8.66. The van der Waals surface area contributed by atoms with Gasteiger partial charge >= 0.3 is 0 Å². The number of amides is 2. The largest absolute Gasteiger partial charge is 0.350 e. The molecule has 3 aromatic rings. The van der Waals surface area contributed by atoms with Gasteiger partial charge in [0, 0.05) is 23.2 Å². The van der Waals surface area contributed by atoms with Crippen molar-refractivity contribution in [3.63, 3.8) is 0 Å². The highest BCUT2D eigenvalue weighted by Gasteiger charge is 2.28. The maximum absolute atomic E-state index is 12.6. The Bertz CT molecular complexity index is 1030. The lowest BCUT2D eigenvalue weighted by molar-refractivity contribution is 0.0937. The quantitative estimate of drug-likeness (QED) is 0.565. The number of nitrogens with zero attached hydrogens (tertiary/aromatic N) is 2. The molecule has 0 bridgehead atoms. The van der Waals surface area contributed by atoms with Gasteiger partial charge in [-0.05, 0) is 56.4 Å². The summed E-state index contributed by atoms with van der Waals surface area (Å²) in [5, 5.41) is 15.2. The van der Waals surface area contributed by atoms with Crippen molar-refractivity contribution in [2.45, 2.75) is 44.6 Å². The normalized spacial score (nSPS) is 14.2. The zero-order chi connectivity index (χ0) is 20.9. The molecule has 2 amide bonds. The van der Waals surface area contributed by atoms with Crippen molar-refractivity contribution < 1.29 is 9.59 Å². The van der Waals surface area contributed by atoms with Crippen LogP contribution in [0.5, 0.6) is 0 Å². The van der Waals surface area contributed by atoms with Crippen molar-refractivity contribution in [1.82, 2.24) is 15.5 Å². The summed E-state index contributed by atoms with van der Waals surface area (Å²) in [6.45, 7) is 2.00. The van der Waals surface area contributed by atoms with Gasteiger partial charge < -0.3 is 10.6 Å². The molecule has 2 N–H and O–H groups in total. The van der Waals surface area contributed by atoms with Gasteiger partial charge in [0.25, 0.3) is 11.8 Å². The number of carbonyl (C=O) groups excluding carboxylic acids is 2. The van der Waals surface area contributed by atoms with Crippen LogP contribution >= 0.6 is 11.3 Å². The minimum absolute atomic E-state index is 0.0400. The second kappa shape index (κ2) is 9.17. The van der Waals surface area contributed by atoms with E-state index in [-0.39, 0.29) is 17.9 Å². The van der Waals surface area contributed by atoms with E-state index in [1.165, 1.54) is 16.9 Å². The lowest BCUT2D eigenvalue weighted by Crippen LogP contribution is -2.32. The van der Waals surface area contributed by atoms with Gasteiger partial charge in [-0.15, -0.1) is 10.2 Å². The molecule has 2 aromatic carbocycles. The van der Waals surface area contributed by atoms with Crippen LogP contribution in [-0.2, 0) is 6.42 Å². The molecule has 1 aliphatic rings. The molecule has 154 valence electrons. The summed E-state index contributed by atoms with van der Waals surface area (Å²) < 4.78 is 0. The molecule has 0 radical (unpaired) electrons. The van der Waals surface area contributed by atoms with Crippen molar-refractivity contribution in [2.75, 3.05) is 5.32 Å². The van der Waals surface area contributed by atoms with Crippen molar-refractivity contribution in [2.24, 2.45) is 0 Å². The highest BCUT2D eigenvalue weighted by molar-refractivity contribution is 7.13. The third-order valence-corrected chi connectivity index (χ3v) is 6.11. The fraction of sp³-hybridized carbons (Fsp3) is 0.304. The molecule has 0 aliphatic heterocycles. The van der Waals surface area contributed by atoms with Crippen LogP contribution in [-0.4, -0.2) is 28.1 Å². The van der Waals surface area contributed by atoms with E-state index < -0.39 is 0 Å². The Morgan fingerprint density at radius 3 is 2.63 bits per heavy atom. The van der Waals surface area contributed by atoms with Crippen LogP contribution in [0.1, 0.15) is 62.8 Å². The van der Waals surface area contributed by atoms with Crippen LogP contribution in [0.2, 0.25) is 0 Å². The first-order valence-electron chi connectivity index (χ1n) is 10.2. The average Bonchev–Trinajstić information content (AvgIpc) is 3.49. The van der Waals surface area contributed by atoms with E-state index in [0.29, 0.717) is 22.2 Å². The smallest absolute Gasteiger partial charge is 0.286 e. The number of aryl methyl sites for hydroxylation is 1. The number of aromatic nitrogens is 2. The number of hydrogen-bond donors (Lipinski definition) is 2. The summed E-state index contributed by atoms with van der Waals surface area (Å²) >= 11 is 1.34. The van der Waals surface area contributed by atoms with Gasteiger partial charge in [0.05, 0.1) is 0 Å². The summed E-state index contributed by atoms with van der Waals surface area (Å²) in [6, 6.07) is 17.2. The van der Waals surface area contributed by atoms with Crippen LogP contribution in [0.25, 0.3) is 0 Å². The molecule has 4 rings (SSSR count). The van der Waals surface area contributed by atoms with E-state index in [0.717, 1.165) is 30.7 Å². The maximum Gasteiger partial charge on any atom is 0.286 e. The zero-order valence-corrected chi connectivity index (χ0v) is 17.6. The van der Waals surface area contributed by atoms with Gasteiger partial charge in [-0.3, -0.25) is 9.59 Å². The number of anilines is 1. The van der Waals surface area contributed by atoms with Gasteiger partial charge in [-0.25, -0.2) is 0 Å². The zero-order valence-electron chi connectivity index (χ0n) is 16.8. The standard InChI is InChI=1S/C23H24N4O2S/c1-15(10-11-16-6-3-2-4-7-16)24-20(28)18-8-5-9-19(14-18)25-21(29)23-27-26-22(30-23)17-12-13-17/h2-9,14-15,17H,10-13H2,1H3,(H,24,28)(H,25,29). The van der Waals surface area contributed by atoms with Gasteiger partial charge in [-0.2, -0.15) is 0 Å². The lowest BCUT2D eigenvalue weighted by Gasteiger charge is -2.14. The van der Waals surface area contributed by atoms with Gasteiger partial charge in [-0.1, -0.05) is 47.7 Å². The average molecular weight is 421 g/mol. The van der Waals surface area contributed by atoms with E-state index in [1.54, 1.807) is 24.3 Å². The van der Waals surface area contributed by atoms with Crippen LogP contribution in [0, 0.1) is 0 Å². The monoisotopic (exact) mass is 420 g/mol. The molecule has 1 aromatic heterocycles. The number of carbonyl (C=O) groups is 2. The summed E-state index contributed by atoms with van der Waals surface area (Å²) in [7, 11) is 0. The lowest BCUT2D eigenvalue weighted by atomic mass is 10.1. The number of hydrogen-bond acceptors (Lipinski definition) is 5. The Balaban J connectivity index is 1.32. The number of nitrogens with one attached hydrogen (secondary N) is 2. The van der Waals surface area contributed by atoms with E-state index in [1.807, 2.05) is 25.1 Å². The fourth-order valence-electron chi connectivity index (χ4n) is 3.15. The Hall–Kier alpha value is -3.06. The second-order valence-electron chi connectivity index (χ2n) is 7.65.